The van der Waals surface area contributed by atoms with Gasteiger partial charge >= 0.3 is 6.09 Å². The zero-order valence-electron chi connectivity index (χ0n) is 26.0. The van der Waals surface area contributed by atoms with Crippen LogP contribution in [0, 0.1) is 0 Å². The summed E-state index contributed by atoms with van der Waals surface area (Å²) >= 11 is 0. The Morgan fingerprint density at radius 2 is 1.55 bits per heavy atom. The summed E-state index contributed by atoms with van der Waals surface area (Å²) in [6.07, 6.45) is 1.28. The summed E-state index contributed by atoms with van der Waals surface area (Å²) in [4.78, 5) is 66.9. The fourth-order valence-corrected chi connectivity index (χ4v) is 5.42. The highest BCUT2D eigenvalue weighted by Crippen LogP contribution is 2.28. The summed E-state index contributed by atoms with van der Waals surface area (Å²) in [5.41, 5.74) is 1.02. The Morgan fingerprint density at radius 1 is 0.909 bits per heavy atom. The summed E-state index contributed by atoms with van der Waals surface area (Å²) in [5, 5.41) is 4.90. The molecule has 3 heterocycles. The Balaban J connectivity index is 1.04. The first-order valence-corrected chi connectivity index (χ1v) is 15.4. The lowest BCUT2D eigenvalue weighted by molar-refractivity contribution is -0.136. The van der Waals surface area contributed by atoms with Crippen LogP contribution in [0.4, 0.5) is 4.79 Å². The average Bonchev–Trinajstić information content (AvgIpc) is 3.21. The molecular weight excluding hydrogens is 570 g/mol. The van der Waals surface area contributed by atoms with Crippen molar-refractivity contribution < 1.29 is 38.2 Å². The van der Waals surface area contributed by atoms with Crippen molar-refractivity contribution in [1.82, 2.24) is 25.3 Å². The second kappa shape index (κ2) is 15.6. The van der Waals surface area contributed by atoms with Crippen LogP contribution >= 0.6 is 0 Å². The molecule has 2 fully saturated rings. The van der Waals surface area contributed by atoms with Gasteiger partial charge in [-0.15, -0.1) is 0 Å². The van der Waals surface area contributed by atoms with Crippen molar-refractivity contribution in [2.45, 2.75) is 58.1 Å². The first-order valence-electron chi connectivity index (χ1n) is 15.4. The standard InChI is InChI=1S/C31H45N5O8/c1-31(2,3)44-30(41)32-10-18-43-20-16-35-13-11-34(12-14-35)15-19-42-17-4-5-22-6-7-23-24(21-22)29(40)36(28(23)39)25-8-9-26(37)33-27(25)38/h6-7,21,25H,4-5,8-20H2,1-3H3,(H,32,41)(H,33,37,38). The van der Waals surface area contributed by atoms with E-state index in [1.54, 1.807) is 12.1 Å². The van der Waals surface area contributed by atoms with Crippen LogP contribution in [-0.4, -0.2) is 128 Å². The zero-order chi connectivity index (χ0) is 31.7. The van der Waals surface area contributed by atoms with Gasteiger partial charge in [-0.3, -0.25) is 39.2 Å². The molecular formula is C31H45N5O8. The van der Waals surface area contributed by atoms with E-state index in [1.807, 2.05) is 26.8 Å². The van der Waals surface area contributed by atoms with Crippen molar-refractivity contribution >= 4 is 29.7 Å². The van der Waals surface area contributed by atoms with Gasteiger partial charge in [0, 0.05) is 58.8 Å². The highest BCUT2D eigenvalue weighted by Gasteiger charge is 2.44. The number of nitrogens with one attached hydrogen (secondary N) is 2. The Morgan fingerprint density at radius 3 is 2.18 bits per heavy atom. The molecule has 3 aliphatic rings. The molecule has 13 nitrogen and oxygen atoms in total. The van der Waals surface area contributed by atoms with Crippen LogP contribution in [0.1, 0.15) is 66.3 Å². The molecule has 0 saturated carbocycles. The van der Waals surface area contributed by atoms with Gasteiger partial charge in [0.25, 0.3) is 11.8 Å². The van der Waals surface area contributed by atoms with Gasteiger partial charge in [0.2, 0.25) is 11.8 Å². The fraction of sp³-hybridized carbons (Fsp3) is 0.645. The topological polar surface area (TPSA) is 147 Å². The molecule has 1 unspecified atom stereocenters. The Labute approximate surface area is 258 Å². The molecule has 1 aromatic carbocycles. The summed E-state index contributed by atoms with van der Waals surface area (Å²) in [5.74, 6) is -1.98. The molecule has 0 radical (unpaired) electrons. The molecule has 0 aliphatic carbocycles. The van der Waals surface area contributed by atoms with Gasteiger partial charge in [-0.2, -0.15) is 0 Å². The molecule has 2 saturated heterocycles. The molecule has 0 aromatic heterocycles. The van der Waals surface area contributed by atoms with Gasteiger partial charge < -0.3 is 19.5 Å². The second-order valence-corrected chi connectivity index (χ2v) is 12.3. The average molecular weight is 616 g/mol. The maximum absolute atomic E-state index is 13.0. The van der Waals surface area contributed by atoms with E-state index in [2.05, 4.69) is 20.4 Å². The molecule has 4 rings (SSSR count). The largest absolute Gasteiger partial charge is 0.444 e. The third kappa shape index (κ3) is 9.55. The molecule has 1 aromatic rings. The zero-order valence-corrected chi connectivity index (χ0v) is 26.0. The number of aryl methyl sites for hydroxylation is 1. The molecule has 3 aliphatic heterocycles. The van der Waals surface area contributed by atoms with E-state index in [4.69, 9.17) is 14.2 Å². The molecule has 44 heavy (non-hydrogen) atoms. The number of benzene rings is 1. The van der Waals surface area contributed by atoms with Gasteiger partial charge in [-0.05, 0) is 57.7 Å². The predicted molar refractivity (Wildman–Crippen MR) is 160 cm³/mol. The molecule has 1 atom stereocenters. The minimum absolute atomic E-state index is 0.0971. The number of ether oxygens (including phenoxy) is 3. The molecule has 5 amide bonds. The smallest absolute Gasteiger partial charge is 0.407 e. The predicted octanol–water partition coefficient (Wildman–Crippen LogP) is 1.20. The third-order valence-corrected chi connectivity index (χ3v) is 7.74. The number of piperazine rings is 1. The lowest BCUT2D eigenvalue weighted by atomic mass is 10.0. The van der Waals surface area contributed by atoms with Crippen LogP contribution in [0.3, 0.4) is 0 Å². The maximum Gasteiger partial charge on any atom is 0.407 e. The molecule has 13 heteroatoms. The molecule has 0 spiro atoms. The van der Waals surface area contributed by atoms with E-state index in [0.29, 0.717) is 50.5 Å². The van der Waals surface area contributed by atoms with Gasteiger partial charge in [-0.25, -0.2) is 4.79 Å². The third-order valence-electron chi connectivity index (χ3n) is 7.74. The van der Waals surface area contributed by atoms with Gasteiger partial charge in [-0.1, -0.05) is 6.07 Å². The molecule has 2 N–H and O–H groups in total. The number of alkyl carbamates (subject to hydrolysis) is 1. The second-order valence-electron chi connectivity index (χ2n) is 12.3. The lowest BCUT2D eigenvalue weighted by Crippen LogP contribution is -2.54. The summed E-state index contributed by atoms with van der Waals surface area (Å²) in [6.45, 7) is 13.8. The first-order chi connectivity index (χ1) is 21.0. The number of rotatable bonds is 14. The number of nitrogens with zero attached hydrogens (tertiary/aromatic N) is 3. The van der Waals surface area contributed by atoms with Crippen molar-refractivity contribution in [2.75, 3.05) is 72.2 Å². The van der Waals surface area contributed by atoms with E-state index in [0.717, 1.165) is 56.2 Å². The monoisotopic (exact) mass is 615 g/mol. The van der Waals surface area contributed by atoms with E-state index in [-0.39, 0.29) is 12.8 Å². The fourth-order valence-electron chi connectivity index (χ4n) is 5.42. The van der Waals surface area contributed by atoms with E-state index in [1.165, 1.54) is 0 Å². The van der Waals surface area contributed by atoms with Crippen LogP contribution < -0.4 is 10.6 Å². The first kappa shape index (κ1) is 33.5. The highest BCUT2D eigenvalue weighted by molar-refractivity contribution is 6.23. The van der Waals surface area contributed by atoms with Gasteiger partial charge in [0.15, 0.2) is 0 Å². The SMILES string of the molecule is CC(C)(C)OC(=O)NCCOCCN1CCN(CCOCCCc2ccc3c(c2)C(=O)N(C2CCC(=O)NC2=O)C3=O)CC1. The van der Waals surface area contributed by atoms with E-state index < -0.39 is 41.4 Å². The Bertz CT molecular complexity index is 1210. The number of carbonyl (C=O) groups is 5. The van der Waals surface area contributed by atoms with Crippen LogP contribution in [0.2, 0.25) is 0 Å². The summed E-state index contributed by atoms with van der Waals surface area (Å²) < 4.78 is 16.7. The van der Waals surface area contributed by atoms with Crippen molar-refractivity contribution in [1.29, 1.82) is 0 Å². The van der Waals surface area contributed by atoms with Crippen molar-refractivity contribution in [2.24, 2.45) is 0 Å². The number of piperidine rings is 1. The highest BCUT2D eigenvalue weighted by atomic mass is 16.6. The number of hydrogen-bond donors (Lipinski definition) is 2. The number of carbonyl (C=O) groups excluding carboxylic acids is 5. The molecule has 0 bridgehead atoms. The van der Waals surface area contributed by atoms with Crippen molar-refractivity contribution in [3.05, 3.63) is 34.9 Å². The van der Waals surface area contributed by atoms with Crippen LogP contribution in [0.5, 0.6) is 0 Å². The molecule has 242 valence electrons. The summed E-state index contributed by atoms with van der Waals surface area (Å²) in [6, 6.07) is 4.25. The van der Waals surface area contributed by atoms with Gasteiger partial charge in [0.1, 0.15) is 11.6 Å². The normalized spacial score (nSPS) is 19.7. The number of amides is 5. The maximum atomic E-state index is 13.0. The quantitative estimate of drug-likeness (QED) is 0.231. The van der Waals surface area contributed by atoms with E-state index >= 15 is 0 Å². The Hall–Kier alpha value is -3.39. The number of hydrogen-bond acceptors (Lipinski definition) is 10. The Kier molecular flexibility index (Phi) is 11.8. The summed E-state index contributed by atoms with van der Waals surface area (Å²) in [7, 11) is 0. The van der Waals surface area contributed by atoms with Gasteiger partial charge in [0.05, 0.1) is 30.9 Å². The lowest BCUT2D eigenvalue weighted by Gasteiger charge is -2.34. The number of fused-ring (bicyclic) bond motifs is 1. The van der Waals surface area contributed by atoms with Crippen LogP contribution in [0.15, 0.2) is 18.2 Å². The van der Waals surface area contributed by atoms with Crippen molar-refractivity contribution in [3.8, 4) is 0 Å². The minimum Gasteiger partial charge on any atom is -0.444 e. The van der Waals surface area contributed by atoms with E-state index in [9.17, 15) is 24.0 Å². The van der Waals surface area contributed by atoms with Crippen LogP contribution in [0.25, 0.3) is 0 Å². The minimum atomic E-state index is -0.958. The number of imide groups is 2. The van der Waals surface area contributed by atoms with Crippen LogP contribution in [-0.2, 0) is 30.2 Å². The van der Waals surface area contributed by atoms with Crippen molar-refractivity contribution in [3.63, 3.8) is 0 Å².